The number of rotatable bonds is 5. The summed E-state index contributed by atoms with van der Waals surface area (Å²) in [4.78, 5) is 12.2. The molecule has 2 aromatic rings. The maximum Gasteiger partial charge on any atom is 0.314 e. The summed E-state index contributed by atoms with van der Waals surface area (Å²) in [6, 6.07) is 14.8. The van der Waals surface area contributed by atoms with Gasteiger partial charge in [-0.2, -0.15) is 10.2 Å². The van der Waals surface area contributed by atoms with E-state index < -0.39 is 0 Å². The molecule has 0 bridgehead atoms. The third-order valence-electron chi connectivity index (χ3n) is 2.71. The smallest absolute Gasteiger partial charge is 0.314 e. The number of anilines is 2. The van der Waals surface area contributed by atoms with Crippen LogP contribution in [0.5, 0.6) is 0 Å². The zero-order valence-electron chi connectivity index (χ0n) is 11.4. The highest BCUT2D eigenvalue weighted by Crippen LogP contribution is 2.22. The molecule has 0 aliphatic heterocycles. The second-order valence-electron chi connectivity index (χ2n) is 4.38. The highest BCUT2D eigenvalue weighted by molar-refractivity contribution is 5.72. The van der Waals surface area contributed by atoms with E-state index in [1.807, 2.05) is 43.3 Å². The first-order chi connectivity index (χ1) is 9.69. The molecular formula is C15H15N4O. The molecule has 0 aromatic heterocycles. The molecule has 0 heterocycles. The van der Waals surface area contributed by atoms with E-state index in [1.54, 1.807) is 30.7 Å². The third kappa shape index (κ3) is 3.65. The van der Waals surface area contributed by atoms with Crippen molar-refractivity contribution in [3.8, 4) is 0 Å². The highest BCUT2D eigenvalue weighted by atomic mass is 16.1. The molecule has 2 aromatic carbocycles. The van der Waals surface area contributed by atoms with Gasteiger partial charge < -0.3 is 10.2 Å². The fourth-order valence-electron chi connectivity index (χ4n) is 1.60. The Kier molecular flexibility index (Phi) is 4.44. The van der Waals surface area contributed by atoms with Gasteiger partial charge in [-0.15, -0.1) is 0 Å². The van der Waals surface area contributed by atoms with Crippen LogP contribution in [0.15, 0.2) is 58.8 Å². The lowest BCUT2D eigenvalue weighted by atomic mass is 10.3. The standard InChI is InChI=1S/C15H15N4O/c1-19(2)15-9-7-14(8-10-15)18-17-13-5-3-12(4-6-13)16-11-20/h3-10H,1-2H3,(H,16,20)/b18-17+. The fraction of sp³-hybridized carbons (Fsp3) is 0.133. The van der Waals surface area contributed by atoms with E-state index in [0.29, 0.717) is 5.69 Å². The molecule has 0 saturated carbocycles. The summed E-state index contributed by atoms with van der Waals surface area (Å²) in [5, 5.41) is 10.7. The van der Waals surface area contributed by atoms with Crippen LogP contribution in [0.3, 0.4) is 0 Å². The van der Waals surface area contributed by atoms with Gasteiger partial charge in [0.2, 0.25) is 0 Å². The van der Waals surface area contributed by atoms with Crippen molar-refractivity contribution >= 4 is 29.2 Å². The summed E-state index contributed by atoms with van der Waals surface area (Å²) in [7, 11) is 3.98. The van der Waals surface area contributed by atoms with Crippen LogP contribution >= 0.6 is 0 Å². The van der Waals surface area contributed by atoms with Crippen LogP contribution in [0.2, 0.25) is 0 Å². The van der Waals surface area contributed by atoms with Crippen molar-refractivity contribution in [1.82, 2.24) is 0 Å². The number of carbonyl (C=O) groups excluding carboxylic acids is 1. The SMILES string of the molecule is CN(C)c1ccc(/N=N/c2ccc(N[C]=O)cc2)cc1. The topological polar surface area (TPSA) is 57.1 Å². The molecule has 5 nitrogen and oxygen atoms in total. The number of hydrogen-bond donors (Lipinski definition) is 1. The summed E-state index contributed by atoms with van der Waals surface area (Å²) < 4.78 is 0. The van der Waals surface area contributed by atoms with E-state index in [9.17, 15) is 4.79 Å². The van der Waals surface area contributed by atoms with E-state index in [0.717, 1.165) is 17.1 Å². The third-order valence-corrected chi connectivity index (χ3v) is 2.71. The zero-order valence-corrected chi connectivity index (χ0v) is 11.4. The lowest BCUT2D eigenvalue weighted by Gasteiger charge is -2.11. The molecule has 1 amide bonds. The van der Waals surface area contributed by atoms with Gasteiger partial charge in [-0.3, -0.25) is 4.79 Å². The van der Waals surface area contributed by atoms with E-state index in [1.165, 1.54) is 0 Å². The highest BCUT2D eigenvalue weighted by Gasteiger charge is 1.96. The Morgan fingerprint density at radius 1 is 0.900 bits per heavy atom. The Hall–Kier alpha value is -2.69. The molecule has 0 atom stereocenters. The van der Waals surface area contributed by atoms with Gasteiger partial charge in [-0.1, -0.05) is 0 Å². The molecule has 2 rings (SSSR count). The van der Waals surface area contributed by atoms with Crippen LogP contribution in [-0.2, 0) is 4.79 Å². The van der Waals surface area contributed by atoms with Crippen LogP contribution in [0.1, 0.15) is 0 Å². The van der Waals surface area contributed by atoms with Crippen molar-refractivity contribution < 1.29 is 4.79 Å². The summed E-state index contributed by atoms with van der Waals surface area (Å²) in [5.74, 6) is 0. The number of amides is 1. The van der Waals surface area contributed by atoms with E-state index in [4.69, 9.17) is 0 Å². The molecule has 101 valence electrons. The molecule has 0 aliphatic carbocycles. The van der Waals surface area contributed by atoms with Crippen LogP contribution in [0.4, 0.5) is 22.7 Å². The summed E-state index contributed by atoms with van der Waals surface area (Å²) >= 11 is 0. The fourth-order valence-corrected chi connectivity index (χ4v) is 1.60. The number of nitrogens with one attached hydrogen (secondary N) is 1. The molecule has 0 aliphatic rings. The first kappa shape index (κ1) is 13.7. The first-order valence-electron chi connectivity index (χ1n) is 6.11. The van der Waals surface area contributed by atoms with Gasteiger partial charge in [0.15, 0.2) is 0 Å². The van der Waals surface area contributed by atoms with Crippen molar-refractivity contribution in [2.24, 2.45) is 10.2 Å². The first-order valence-corrected chi connectivity index (χ1v) is 6.11. The summed E-state index contributed by atoms with van der Waals surface area (Å²) in [6.07, 6.45) is 1.62. The molecule has 0 saturated heterocycles. The Bertz CT molecular complexity index is 588. The molecule has 0 fully saturated rings. The van der Waals surface area contributed by atoms with Crippen molar-refractivity contribution in [2.75, 3.05) is 24.3 Å². The molecule has 1 radical (unpaired) electrons. The Morgan fingerprint density at radius 3 is 1.85 bits per heavy atom. The second-order valence-corrected chi connectivity index (χ2v) is 4.38. The quantitative estimate of drug-likeness (QED) is 0.664. The predicted molar refractivity (Wildman–Crippen MR) is 80.7 cm³/mol. The van der Waals surface area contributed by atoms with Crippen molar-refractivity contribution in [3.05, 3.63) is 48.5 Å². The molecule has 5 heteroatoms. The van der Waals surface area contributed by atoms with Crippen LogP contribution < -0.4 is 10.2 Å². The van der Waals surface area contributed by atoms with Gasteiger partial charge in [-0.05, 0) is 48.5 Å². The minimum atomic E-state index is 0.675. The van der Waals surface area contributed by atoms with Crippen molar-refractivity contribution in [3.63, 3.8) is 0 Å². The molecule has 1 N–H and O–H groups in total. The minimum Gasteiger partial charge on any atom is -0.378 e. The predicted octanol–water partition coefficient (Wildman–Crippen LogP) is 3.65. The lowest BCUT2D eigenvalue weighted by molar-refractivity contribution is 0.561. The monoisotopic (exact) mass is 267 g/mol. The molecular weight excluding hydrogens is 252 g/mol. The Labute approximate surface area is 118 Å². The zero-order chi connectivity index (χ0) is 14.4. The molecule has 20 heavy (non-hydrogen) atoms. The van der Waals surface area contributed by atoms with Crippen LogP contribution in [0, 0.1) is 0 Å². The average Bonchev–Trinajstić information content (AvgIpc) is 2.47. The maximum absolute atomic E-state index is 10.2. The Morgan fingerprint density at radius 2 is 1.40 bits per heavy atom. The number of nitrogens with zero attached hydrogens (tertiary/aromatic N) is 3. The van der Waals surface area contributed by atoms with E-state index >= 15 is 0 Å². The van der Waals surface area contributed by atoms with Gasteiger partial charge in [0, 0.05) is 25.5 Å². The largest absolute Gasteiger partial charge is 0.378 e. The van der Waals surface area contributed by atoms with Crippen molar-refractivity contribution in [2.45, 2.75) is 0 Å². The molecule has 0 unspecified atom stereocenters. The van der Waals surface area contributed by atoms with E-state index in [-0.39, 0.29) is 0 Å². The van der Waals surface area contributed by atoms with Gasteiger partial charge in [0.05, 0.1) is 11.4 Å². The van der Waals surface area contributed by atoms with Crippen LogP contribution in [-0.4, -0.2) is 20.5 Å². The van der Waals surface area contributed by atoms with Crippen molar-refractivity contribution in [1.29, 1.82) is 0 Å². The summed E-state index contributed by atoms with van der Waals surface area (Å²) in [6.45, 7) is 0. The average molecular weight is 267 g/mol. The maximum atomic E-state index is 10.2. The van der Waals surface area contributed by atoms with Crippen LogP contribution in [0.25, 0.3) is 0 Å². The number of benzene rings is 2. The summed E-state index contributed by atoms with van der Waals surface area (Å²) in [5.41, 5.74) is 3.30. The normalized spacial score (nSPS) is 10.5. The second kappa shape index (κ2) is 6.47. The molecule has 0 spiro atoms. The minimum absolute atomic E-state index is 0.675. The van der Waals surface area contributed by atoms with Gasteiger partial charge >= 0.3 is 6.41 Å². The Balaban J connectivity index is 2.06. The lowest BCUT2D eigenvalue weighted by Crippen LogP contribution is -2.07. The van der Waals surface area contributed by atoms with Gasteiger partial charge in [0.1, 0.15) is 0 Å². The number of azo groups is 1. The van der Waals surface area contributed by atoms with E-state index in [2.05, 4.69) is 15.5 Å². The number of hydrogen-bond acceptors (Lipinski definition) is 4. The van der Waals surface area contributed by atoms with Gasteiger partial charge in [-0.25, -0.2) is 0 Å². The van der Waals surface area contributed by atoms with Gasteiger partial charge in [0.25, 0.3) is 0 Å².